The van der Waals surface area contributed by atoms with Crippen molar-refractivity contribution in [3.05, 3.63) is 164 Å². The van der Waals surface area contributed by atoms with Crippen LogP contribution in [0, 0.1) is 0 Å². The monoisotopic (exact) mass is 840 g/mol. The highest BCUT2D eigenvalue weighted by atomic mass is 35.5. The van der Waals surface area contributed by atoms with Crippen LogP contribution in [0.2, 0.25) is 10.0 Å². The third-order valence-electron chi connectivity index (χ3n) is 9.19. The molecule has 0 fully saturated rings. The Hall–Kier alpha value is -7.68. The summed E-state index contributed by atoms with van der Waals surface area (Å²) in [6.07, 6.45) is 2.90. The maximum atomic E-state index is 13.8. The zero-order valence-electron chi connectivity index (χ0n) is 31.5. The zero-order chi connectivity index (χ0) is 42.5. The molecule has 5 aromatic rings. The van der Waals surface area contributed by atoms with Crippen LogP contribution in [0.5, 0.6) is 0 Å². The fraction of sp³-hybridized carbons (Fsp3) is 0.0455. The maximum absolute atomic E-state index is 13.8. The van der Waals surface area contributed by atoms with Crippen LogP contribution in [0.4, 0.5) is 22.7 Å². The predicted molar refractivity (Wildman–Crippen MR) is 228 cm³/mol. The van der Waals surface area contributed by atoms with E-state index in [9.17, 15) is 28.8 Å². The summed E-state index contributed by atoms with van der Waals surface area (Å²) < 4.78 is 9.69. The number of fused-ring (bicyclic) bond motifs is 2. The lowest BCUT2D eigenvalue weighted by Crippen LogP contribution is -2.30. The summed E-state index contributed by atoms with van der Waals surface area (Å²) in [6.45, 7) is 0. The molecule has 0 unspecified atom stereocenters. The number of amides is 2. The molecule has 5 aromatic carbocycles. The highest BCUT2D eigenvalue weighted by molar-refractivity contribution is 6.60. The third kappa shape index (κ3) is 8.45. The lowest BCUT2D eigenvalue weighted by molar-refractivity contribution is -0.118. The van der Waals surface area contributed by atoms with Crippen LogP contribution in [-0.4, -0.2) is 61.0 Å². The molecule has 0 spiro atoms. The molecule has 2 aliphatic rings. The Bertz CT molecular complexity index is 2590. The Kier molecular flexibility index (Phi) is 11.8. The molecule has 0 saturated carbocycles. The quantitative estimate of drug-likeness (QED) is 0.0625. The Morgan fingerprint density at radius 2 is 0.917 bits per heavy atom. The van der Waals surface area contributed by atoms with Crippen molar-refractivity contribution in [1.29, 1.82) is 0 Å². The fourth-order valence-corrected chi connectivity index (χ4v) is 6.58. The minimum absolute atomic E-state index is 0.0827. The molecule has 0 atom stereocenters. The number of carbonyl (C=O) groups excluding carboxylic acids is 6. The SMILES string of the molecule is COC(=O)c1ccc(Cl)cc1N/N=C1/C(=O)C(C(=O)Nc2ccc(NC(=O)C3=Cc4ccccc4/C(=N\Nc4cc(Cl)ccc4C(=O)OC)C3=O)cc2)=Cc2ccccc21. The molecule has 0 heterocycles. The van der Waals surface area contributed by atoms with E-state index in [4.69, 9.17) is 32.7 Å². The average Bonchev–Trinajstić information content (AvgIpc) is 3.25. The Morgan fingerprint density at radius 3 is 1.30 bits per heavy atom. The standard InChI is InChI=1S/C44H30Cl2N6O8/c1-59-43(57)31-17-11-25(45)21-35(31)49-51-37-29-9-5-3-7-23(29)19-33(39(37)53)41(55)47-27-13-15-28(16-14-27)48-42(56)34-20-24-8-4-6-10-30(24)38(40(34)54)52-50-36-22-26(46)12-18-32(36)44(58)60-2/h3-22,49-50H,1-2H3,(H,47,55)(H,48,56)/b51-37+,52-38+. The van der Waals surface area contributed by atoms with Crippen molar-refractivity contribution in [3.63, 3.8) is 0 Å². The van der Waals surface area contributed by atoms with Crippen LogP contribution < -0.4 is 21.5 Å². The van der Waals surface area contributed by atoms with Crippen LogP contribution in [0.1, 0.15) is 43.0 Å². The minimum atomic E-state index is -0.731. The number of carbonyl (C=O) groups is 6. The molecule has 0 saturated heterocycles. The molecule has 0 aromatic heterocycles. The van der Waals surface area contributed by atoms with Gasteiger partial charge in [-0.05, 0) is 83.9 Å². The largest absolute Gasteiger partial charge is 0.465 e. The van der Waals surface area contributed by atoms with E-state index < -0.39 is 35.3 Å². The van der Waals surface area contributed by atoms with Crippen LogP contribution >= 0.6 is 23.2 Å². The van der Waals surface area contributed by atoms with Gasteiger partial charge in [0.15, 0.2) is 0 Å². The van der Waals surface area contributed by atoms with E-state index in [1.807, 2.05) is 0 Å². The Morgan fingerprint density at radius 1 is 0.533 bits per heavy atom. The number of hydrogen-bond donors (Lipinski definition) is 4. The predicted octanol–water partition coefficient (Wildman–Crippen LogP) is 7.41. The summed E-state index contributed by atoms with van der Waals surface area (Å²) in [5.74, 6) is -4.14. The first-order chi connectivity index (χ1) is 28.9. The first-order valence-electron chi connectivity index (χ1n) is 17.8. The number of hydrogen-bond acceptors (Lipinski definition) is 12. The van der Waals surface area contributed by atoms with Gasteiger partial charge in [-0.15, -0.1) is 0 Å². The van der Waals surface area contributed by atoms with Gasteiger partial charge in [-0.1, -0.05) is 71.7 Å². The van der Waals surface area contributed by atoms with Crippen LogP contribution in [-0.2, 0) is 28.7 Å². The van der Waals surface area contributed by atoms with E-state index in [1.165, 1.54) is 87.0 Å². The summed E-state index contributed by atoms with van der Waals surface area (Å²) in [7, 11) is 2.45. The van der Waals surface area contributed by atoms with Gasteiger partial charge in [0.05, 0.1) is 47.9 Å². The van der Waals surface area contributed by atoms with E-state index in [0.717, 1.165) is 0 Å². The second-order valence-electron chi connectivity index (χ2n) is 12.9. The molecule has 14 nitrogen and oxygen atoms in total. The molecule has 7 rings (SSSR count). The Labute approximate surface area is 351 Å². The van der Waals surface area contributed by atoms with Gasteiger partial charge in [0.1, 0.15) is 11.4 Å². The number of halogens is 2. The van der Waals surface area contributed by atoms with Gasteiger partial charge in [0.2, 0.25) is 11.6 Å². The number of nitrogens with zero attached hydrogens (tertiary/aromatic N) is 2. The number of benzene rings is 5. The van der Waals surface area contributed by atoms with Gasteiger partial charge >= 0.3 is 11.9 Å². The van der Waals surface area contributed by atoms with Crippen molar-refractivity contribution >= 4 is 105 Å². The second-order valence-corrected chi connectivity index (χ2v) is 13.8. The first-order valence-corrected chi connectivity index (χ1v) is 18.6. The maximum Gasteiger partial charge on any atom is 0.340 e. The lowest BCUT2D eigenvalue weighted by Gasteiger charge is -2.18. The van der Waals surface area contributed by atoms with Gasteiger partial charge in [-0.25, -0.2) is 9.59 Å². The van der Waals surface area contributed by atoms with E-state index >= 15 is 0 Å². The van der Waals surface area contributed by atoms with E-state index in [0.29, 0.717) is 43.7 Å². The zero-order valence-corrected chi connectivity index (χ0v) is 33.0. The second kappa shape index (κ2) is 17.4. The molecule has 60 heavy (non-hydrogen) atoms. The van der Waals surface area contributed by atoms with Crippen molar-refractivity contribution < 1.29 is 38.2 Å². The van der Waals surface area contributed by atoms with Crippen molar-refractivity contribution in [2.75, 3.05) is 35.7 Å². The van der Waals surface area contributed by atoms with Crippen molar-refractivity contribution in [3.8, 4) is 0 Å². The summed E-state index contributed by atoms with van der Waals surface area (Å²) in [4.78, 5) is 79.4. The number of methoxy groups -OCH3 is 2. The van der Waals surface area contributed by atoms with Crippen molar-refractivity contribution in [2.45, 2.75) is 0 Å². The molecule has 298 valence electrons. The average molecular weight is 842 g/mol. The highest BCUT2D eigenvalue weighted by Gasteiger charge is 2.32. The van der Waals surface area contributed by atoms with Gasteiger partial charge in [0, 0.05) is 32.5 Å². The van der Waals surface area contributed by atoms with Gasteiger partial charge in [-0.2, -0.15) is 10.2 Å². The summed E-state index contributed by atoms with van der Waals surface area (Å²) in [5.41, 5.74) is 8.08. The third-order valence-corrected chi connectivity index (χ3v) is 9.66. The molecule has 2 amide bonds. The number of rotatable bonds is 10. The number of nitrogens with one attached hydrogen (secondary N) is 4. The minimum Gasteiger partial charge on any atom is -0.465 e. The van der Waals surface area contributed by atoms with Crippen LogP contribution in [0.15, 0.2) is 131 Å². The number of esters is 2. The number of Topliss-reactive ketones (excluding diaryl/α,β-unsaturated/α-hetero) is 2. The molecule has 0 bridgehead atoms. The normalized spacial score (nSPS) is 14.3. The van der Waals surface area contributed by atoms with Crippen LogP contribution in [0.25, 0.3) is 12.2 Å². The molecule has 4 N–H and O–H groups in total. The molecular weight excluding hydrogens is 811 g/mol. The van der Waals surface area contributed by atoms with Crippen LogP contribution in [0.3, 0.4) is 0 Å². The number of ketones is 2. The summed E-state index contributed by atoms with van der Waals surface area (Å²) >= 11 is 12.3. The number of hydrazone groups is 2. The molecule has 0 radical (unpaired) electrons. The fourth-order valence-electron chi connectivity index (χ4n) is 6.24. The first kappa shape index (κ1) is 40.5. The molecule has 0 aliphatic heterocycles. The summed E-state index contributed by atoms with van der Waals surface area (Å²) in [6, 6.07) is 28.6. The molecule has 16 heteroatoms. The molecular formula is C44H30Cl2N6O8. The number of anilines is 4. The highest BCUT2D eigenvalue weighted by Crippen LogP contribution is 2.29. The number of ether oxygens (including phenoxy) is 2. The van der Waals surface area contributed by atoms with Crippen molar-refractivity contribution in [2.24, 2.45) is 10.2 Å². The topological polar surface area (TPSA) is 194 Å². The van der Waals surface area contributed by atoms with Crippen molar-refractivity contribution in [1.82, 2.24) is 0 Å². The van der Waals surface area contributed by atoms with E-state index in [1.54, 1.807) is 48.5 Å². The van der Waals surface area contributed by atoms with Gasteiger partial charge in [-0.3, -0.25) is 30.0 Å². The Balaban J connectivity index is 1.07. The molecule has 2 aliphatic carbocycles. The van der Waals surface area contributed by atoms with Gasteiger partial charge < -0.3 is 20.1 Å². The summed E-state index contributed by atoms with van der Waals surface area (Å²) in [5, 5.41) is 14.6. The lowest BCUT2D eigenvalue weighted by atomic mass is 9.89. The van der Waals surface area contributed by atoms with E-state index in [-0.39, 0.29) is 45.1 Å². The smallest absolute Gasteiger partial charge is 0.340 e. The van der Waals surface area contributed by atoms with E-state index in [2.05, 4.69) is 31.7 Å². The van der Waals surface area contributed by atoms with Gasteiger partial charge in [0.25, 0.3) is 11.8 Å².